The van der Waals surface area contributed by atoms with Crippen LogP contribution in [0.3, 0.4) is 0 Å². The van der Waals surface area contributed by atoms with Gasteiger partial charge in [0.1, 0.15) is 0 Å². The van der Waals surface area contributed by atoms with Crippen LogP contribution in [-0.2, 0) is 0 Å². The topological polar surface area (TPSA) is 40.5 Å². The molecule has 0 saturated carbocycles. The first-order valence-corrected chi connectivity index (χ1v) is 6.31. The van der Waals surface area contributed by atoms with Gasteiger partial charge in [0, 0.05) is 23.6 Å². The van der Waals surface area contributed by atoms with Gasteiger partial charge in [0.15, 0.2) is 0 Å². The predicted molar refractivity (Wildman–Crippen MR) is 72.4 cm³/mol. The summed E-state index contributed by atoms with van der Waals surface area (Å²) < 4.78 is 0.751. The maximum Gasteiger partial charge on any atom is 0.253 e. The highest BCUT2D eigenvalue weighted by Crippen LogP contribution is 2.23. The Hall–Kier alpha value is -0.580. The van der Waals surface area contributed by atoms with Crippen molar-refractivity contribution >= 4 is 33.4 Å². The number of likely N-dealkylation sites (N-methyl/N-ethyl adjacent to an activating group) is 1. The van der Waals surface area contributed by atoms with Crippen LogP contribution < -0.4 is 0 Å². The molecule has 17 heavy (non-hydrogen) atoms. The number of rotatable bonds is 3. The zero-order valence-electron chi connectivity index (χ0n) is 10.00. The van der Waals surface area contributed by atoms with Crippen LogP contribution in [0.2, 0.25) is 5.02 Å². The van der Waals surface area contributed by atoms with E-state index < -0.39 is 5.60 Å². The molecule has 0 aliphatic carbocycles. The minimum Gasteiger partial charge on any atom is -0.389 e. The van der Waals surface area contributed by atoms with Crippen molar-refractivity contribution in [3.05, 3.63) is 33.3 Å². The highest BCUT2D eigenvalue weighted by molar-refractivity contribution is 9.10. The summed E-state index contributed by atoms with van der Waals surface area (Å²) in [4.78, 5) is 13.5. The van der Waals surface area contributed by atoms with Crippen LogP contribution in [0.15, 0.2) is 22.7 Å². The van der Waals surface area contributed by atoms with Crippen LogP contribution in [0.5, 0.6) is 0 Å². The fourth-order valence-corrected chi connectivity index (χ4v) is 1.93. The lowest BCUT2D eigenvalue weighted by atomic mass is 10.1. The number of aliphatic hydroxyl groups is 1. The Morgan fingerprint density at radius 2 is 2.12 bits per heavy atom. The Morgan fingerprint density at radius 1 is 1.53 bits per heavy atom. The molecule has 0 aromatic heterocycles. The van der Waals surface area contributed by atoms with Crippen LogP contribution in [0, 0.1) is 0 Å². The van der Waals surface area contributed by atoms with Crippen LogP contribution >= 0.6 is 27.5 Å². The van der Waals surface area contributed by atoms with Gasteiger partial charge in [-0.3, -0.25) is 4.79 Å². The summed E-state index contributed by atoms with van der Waals surface area (Å²) in [5, 5.41) is 10.1. The largest absolute Gasteiger partial charge is 0.389 e. The highest BCUT2D eigenvalue weighted by atomic mass is 79.9. The molecule has 1 N–H and O–H groups in total. The molecule has 0 unspecified atom stereocenters. The normalized spacial score (nSPS) is 11.4. The summed E-state index contributed by atoms with van der Waals surface area (Å²) in [6.07, 6.45) is 0. The number of hydrogen-bond donors (Lipinski definition) is 1. The van der Waals surface area contributed by atoms with Crippen molar-refractivity contribution in [3.63, 3.8) is 0 Å². The summed E-state index contributed by atoms with van der Waals surface area (Å²) in [6, 6.07) is 5.03. The molecule has 0 bridgehead atoms. The molecule has 1 aromatic rings. The second kappa shape index (κ2) is 5.38. The molecule has 5 heteroatoms. The molecule has 0 spiro atoms. The van der Waals surface area contributed by atoms with E-state index in [1.807, 2.05) is 0 Å². The van der Waals surface area contributed by atoms with Gasteiger partial charge >= 0.3 is 0 Å². The molecular weight excluding hydrogens is 305 g/mol. The Bertz CT molecular complexity index is 429. The second-order valence-electron chi connectivity index (χ2n) is 4.60. The van der Waals surface area contributed by atoms with Crippen molar-refractivity contribution in [2.75, 3.05) is 13.6 Å². The molecule has 1 amide bonds. The minimum absolute atomic E-state index is 0.165. The van der Waals surface area contributed by atoms with Gasteiger partial charge in [-0.1, -0.05) is 11.6 Å². The van der Waals surface area contributed by atoms with Gasteiger partial charge < -0.3 is 10.0 Å². The predicted octanol–water partition coefficient (Wildman–Crippen LogP) is 2.95. The van der Waals surface area contributed by atoms with Gasteiger partial charge in [-0.25, -0.2) is 0 Å². The second-order valence-corrected chi connectivity index (χ2v) is 5.86. The number of amides is 1. The molecule has 1 aromatic carbocycles. The molecule has 1 rings (SSSR count). The fourth-order valence-electron chi connectivity index (χ4n) is 1.50. The third-order valence-corrected chi connectivity index (χ3v) is 3.37. The number of halogens is 2. The third kappa shape index (κ3) is 4.30. The molecule has 0 fully saturated rings. The fraction of sp³-hybridized carbons (Fsp3) is 0.417. The van der Waals surface area contributed by atoms with Gasteiger partial charge in [0.2, 0.25) is 0 Å². The van der Waals surface area contributed by atoms with Crippen molar-refractivity contribution in [2.45, 2.75) is 19.4 Å². The first-order chi connectivity index (χ1) is 7.70. The molecular formula is C12H15BrClNO2. The summed E-state index contributed by atoms with van der Waals surface area (Å²) in [7, 11) is 1.65. The number of benzene rings is 1. The summed E-state index contributed by atoms with van der Waals surface area (Å²) >= 11 is 9.20. The highest BCUT2D eigenvalue weighted by Gasteiger charge is 2.20. The van der Waals surface area contributed by atoms with Crippen molar-refractivity contribution in [2.24, 2.45) is 0 Å². The zero-order valence-corrected chi connectivity index (χ0v) is 12.3. The third-order valence-electron chi connectivity index (χ3n) is 2.14. The van der Waals surface area contributed by atoms with Gasteiger partial charge in [0.05, 0.1) is 10.6 Å². The molecule has 0 aliphatic heterocycles. The van der Waals surface area contributed by atoms with E-state index >= 15 is 0 Å². The maximum absolute atomic E-state index is 12.0. The van der Waals surface area contributed by atoms with E-state index in [4.69, 9.17) is 11.6 Å². The summed E-state index contributed by atoms with van der Waals surface area (Å²) in [6.45, 7) is 3.58. The van der Waals surface area contributed by atoms with E-state index in [2.05, 4.69) is 15.9 Å². The quantitative estimate of drug-likeness (QED) is 0.930. The molecule has 0 heterocycles. The smallest absolute Gasteiger partial charge is 0.253 e. The van der Waals surface area contributed by atoms with E-state index in [-0.39, 0.29) is 12.5 Å². The molecule has 0 atom stereocenters. The number of hydrogen-bond acceptors (Lipinski definition) is 2. The average molecular weight is 321 g/mol. The Labute approximate surface area is 115 Å². The first kappa shape index (κ1) is 14.5. The average Bonchev–Trinajstić information content (AvgIpc) is 2.18. The van der Waals surface area contributed by atoms with E-state index in [1.54, 1.807) is 39.1 Å². The SMILES string of the molecule is CN(CC(C)(C)O)C(=O)c1ccc(Br)c(Cl)c1. The van der Waals surface area contributed by atoms with E-state index in [1.165, 1.54) is 4.90 Å². The lowest BCUT2D eigenvalue weighted by Gasteiger charge is -2.25. The van der Waals surface area contributed by atoms with Gasteiger partial charge in [0.25, 0.3) is 5.91 Å². The first-order valence-electron chi connectivity index (χ1n) is 5.13. The number of carbonyl (C=O) groups excluding carboxylic acids is 1. The van der Waals surface area contributed by atoms with Crippen molar-refractivity contribution in [1.82, 2.24) is 4.90 Å². The number of carbonyl (C=O) groups is 1. The molecule has 0 saturated heterocycles. The monoisotopic (exact) mass is 319 g/mol. The number of nitrogens with zero attached hydrogens (tertiary/aromatic N) is 1. The van der Waals surface area contributed by atoms with Crippen LogP contribution in [0.1, 0.15) is 24.2 Å². The van der Waals surface area contributed by atoms with Crippen LogP contribution in [-0.4, -0.2) is 35.1 Å². The van der Waals surface area contributed by atoms with Gasteiger partial charge in [-0.15, -0.1) is 0 Å². The molecule has 3 nitrogen and oxygen atoms in total. The van der Waals surface area contributed by atoms with E-state index in [0.717, 1.165) is 4.47 Å². The van der Waals surface area contributed by atoms with E-state index in [9.17, 15) is 9.90 Å². The Balaban J connectivity index is 2.85. The standard InChI is InChI=1S/C12H15BrClNO2/c1-12(2,17)7-15(3)11(16)8-4-5-9(13)10(14)6-8/h4-6,17H,7H2,1-3H3. The van der Waals surface area contributed by atoms with Gasteiger partial charge in [-0.05, 0) is 48.0 Å². The zero-order chi connectivity index (χ0) is 13.2. The van der Waals surface area contributed by atoms with E-state index in [0.29, 0.717) is 10.6 Å². The molecule has 0 aliphatic rings. The Kier molecular flexibility index (Phi) is 4.58. The van der Waals surface area contributed by atoms with Crippen molar-refractivity contribution in [1.29, 1.82) is 0 Å². The minimum atomic E-state index is -0.913. The molecule has 0 radical (unpaired) electrons. The Morgan fingerprint density at radius 3 is 2.59 bits per heavy atom. The lowest BCUT2D eigenvalue weighted by Crippen LogP contribution is -2.39. The maximum atomic E-state index is 12.0. The van der Waals surface area contributed by atoms with Crippen LogP contribution in [0.25, 0.3) is 0 Å². The summed E-state index contributed by atoms with van der Waals surface area (Å²) in [5.74, 6) is -0.165. The molecule has 94 valence electrons. The summed E-state index contributed by atoms with van der Waals surface area (Å²) in [5.41, 5.74) is -0.409. The van der Waals surface area contributed by atoms with Crippen molar-refractivity contribution < 1.29 is 9.90 Å². The van der Waals surface area contributed by atoms with Crippen LogP contribution in [0.4, 0.5) is 0 Å². The van der Waals surface area contributed by atoms with Crippen molar-refractivity contribution in [3.8, 4) is 0 Å². The van der Waals surface area contributed by atoms with Gasteiger partial charge in [-0.2, -0.15) is 0 Å². The lowest BCUT2D eigenvalue weighted by molar-refractivity contribution is 0.0368.